The van der Waals surface area contributed by atoms with E-state index in [0.29, 0.717) is 51.8 Å². The average Bonchev–Trinajstić information content (AvgIpc) is 3.00. The van der Waals surface area contributed by atoms with Crippen LogP contribution in [0.1, 0.15) is 68.1 Å². The van der Waals surface area contributed by atoms with E-state index in [1.807, 2.05) is 55.5 Å². The second-order valence-corrected chi connectivity index (χ2v) is 13.6. The predicted octanol–water partition coefficient (Wildman–Crippen LogP) is 2.54. The first-order valence-electron chi connectivity index (χ1n) is 16.3. The topological polar surface area (TPSA) is 137 Å². The molecule has 240 valence electrons. The van der Waals surface area contributed by atoms with Crippen molar-refractivity contribution in [3.63, 3.8) is 0 Å². The molecule has 45 heavy (non-hydrogen) atoms. The molecule has 1 saturated heterocycles. The van der Waals surface area contributed by atoms with Crippen LogP contribution >= 0.6 is 0 Å². The van der Waals surface area contributed by atoms with Crippen LogP contribution < -0.4 is 20.7 Å². The zero-order chi connectivity index (χ0) is 31.6. The minimum absolute atomic E-state index is 0.197. The molecular formula is C35H44N4O6. The summed E-state index contributed by atoms with van der Waals surface area (Å²) in [5.41, 5.74) is 1.51. The summed E-state index contributed by atoms with van der Waals surface area (Å²) in [4.78, 5) is 56.2. The summed E-state index contributed by atoms with van der Waals surface area (Å²) < 4.78 is 6.10. The largest absolute Gasteiger partial charge is 0.494 e. The molecule has 4 amide bonds. The average molecular weight is 617 g/mol. The first kappa shape index (κ1) is 31.1. The Morgan fingerprint density at radius 2 is 1.84 bits per heavy atom. The number of hydrogen-bond acceptors (Lipinski definition) is 6. The van der Waals surface area contributed by atoms with Crippen LogP contribution in [-0.4, -0.2) is 71.0 Å². The number of aliphatic hydroxyl groups is 1. The number of benzene rings is 2. The van der Waals surface area contributed by atoms with Crippen LogP contribution in [0, 0.1) is 18.3 Å². The first-order valence-corrected chi connectivity index (χ1v) is 16.3. The van der Waals surface area contributed by atoms with Gasteiger partial charge in [0.25, 0.3) is 0 Å². The molecule has 1 unspecified atom stereocenters. The van der Waals surface area contributed by atoms with Crippen LogP contribution in [0.4, 0.5) is 0 Å². The zero-order valence-corrected chi connectivity index (χ0v) is 26.0. The Balaban J connectivity index is 1.25. The summed E-state index contributed by atoms with van der Waals surface area (Å²) in [7, 11) is 0. The Hall–Kier alpha value is -3.92. The van der Waals surface area contributed by atoms with Crippen molar-refractivity contribution in [1.29, 1.82) is 0 Å². The molecule has 5 aliphatic rings. The van der Waals surface area contributed by atoms with E-state index in [1.165, 1.54) is 0 Å². The van der Waals surface area contributed by atoms with Crippen LogP contribution in [0.3, 0.4) is 0 Å². The van der Waals surface area contributed by atoms with Gasteiger partial charge in [0.1, 0.15) is 17.8 Å². The zero-order valence-electron chi connectivity index (χ0n) is 26.0. The van der Waals surface area contributed by atoms with Gasteiger partial charge < -0.3 is 30.7 Å². The second kappa shape index (κ2) is 12.8. The highest BCUT2D eigenvalue weighted by atomic mass is 16.5. The molecule has 6 bridgehead atoms. The van der Waals surface area contributed by atoms with Gasteiger partial charge >= 0.3 is 0 Å². The molecule has 4 N–H and O–H groups in total. The molecule has 10 heteroatoms. The molecule has 2 aliphatic heterocycles. The maximum absolute atomic E-state index is 13.9. The Labute approximate surface area is 264 Å². The molecule has 10 nitrogen and oxygen atoms in total. The molecule has 0 radical (unpaired) electrons. The minimum Gasteiger partial charge on any atom is -0.494 e. The highest BCUT2D eigenvalue weighted by Crippen LogP contribution is 2.67. The van der Waals surface area contributed by atoms with Gasteiger partial charge in [0.15, 0.2) is 0 Å². The molecule has 7 rings (SSSR count). The van der Waals surface area contributed by atoms with Crippen molar-refractivity contribution in [2.24, 2.45) is 11.3 Å². The van der Waals surface area contributed by atoms with E-state index in [2.05, 4.69) is 16.0 Å². The molecule has 3 saturated carbocycles. The second-order valence-electron chi connectivity index (χ2n) is 13.6. The van der Waals surface area contributed by atoms with Crippen molar-refractivity contribution in [3.8, 4) is 5.75 Å². The molecule has 3 aliphatic carbocycles. The summed E-state index contributed by atoms with van der Waals surface area (Å²) in [6.45, 7) is 3.93. The quantitative estimate of drug-likeness (QED) is 0.408. The third-order valence-corrected chi connectivity index (χ3v) is 10.1. The highest BCUT2D eigenvalue weighted by molar-refractivity contribution is 5.96. The normalized spacial score (nSPS) is 30.3. The molecule has 0 spiro atoms. The van der Waals surface area contributed by atoms with Crippen molar-refractivity contribution in [2.75, 3.05) is 19.7 Å². The molecular weight excluding hydrogens is 572 g/mol. The van der Waals surface area contributed by atoms with Crippen molar-refractivity contribution >= 4 is 23.6 Å². The number of aryl methyl sites for hydroxylation is 2. The molecule has 2 heterocycles. The summed E-state index contributed by atoms with van der Waals surface area (Å²) in [6.07, 6.45) is 4.44. The Kier molecular flexibility index (Phi) is 8.86. The van der Waals surface area contributed by atoms with Crippen molar-refractivity contribution in [2.45, 2.75) is 88.9 Å². The third-order valence-electron chi connectivity index (χ3n) is 10.1. The first-order chi connectivity index (χ1) is 21.6. The van der Waals surface area contributed by atoms with Gasteiger partial charge in [-0.1, -0.05) is 36.4 Å². The van der Waals surface area contributed by atoms with Crippen molar-refractivity contribution in [1.82, 2.24) is 20.9 Å². The van der Waals surface area contributed by atoms with E-state index in [1.54, 1.807) is 4.90 Å². The molecule has 2 aromatic rings. The maximum Gasteiger partial charge on any atom is 0.243 e. The molecule has 3 atom stereocenters. The van der Waals surface area contributed by atoms with Gasteiger partial charge in [-0.3, -0.25) is 19.2 Å². The van der Waals surface area contributed by atoms with E-state index in [0.717, 1.165) is 41.7 Å². The van der Waals surface area contributed by atoms with E-state index >= 15 is 0 Å². The standard InChI is InChI=1S/C35H44N4O6/c1-23-9-11-27-16-26(23)18-36-31(41)28(12-10-24-6-3-2-4-7-24)37-32(42)29(38-33(43)34-20-35(44,21-34)22-34)17-30(40)39-14-5-8-25(19-39)13-15-45-27/h2-4,6-7,9,11,16,25,28-29,44H,5,8,10,12-15,17-22H2,1H3,(H,36,41)(H,37,42)(H,38,43)/t25?,28-,29-,34?,35?/m0/s1. The smallest absolute Gasteiger partial charge is 0.243 e. The van der Waals surface area contributed by atoms with Gasteiger partial charge in [0.05, 0.1) is 24.0 Å². The Bertz CT molecular complexity index is 1430. The minimum atomic E-state index is -1.14. The number of ether oxygens (including phenoxy) is 1. The molecule has 2 aromatic carbocycles. The summed E-state index contributed by atoms with van der Waals surface area (Å²) in [5, 5.41) is 19.0. The summed E-state index contributed by atoms with van der Waals surface area (Å²) in [5.74, 6) is -0.413. The molecule has 0 aromatic heterocycles. The lowest BCUT2D eigenvalue weighted by Gasteiger charge is -2.66. The van der Waals surface area contributed by atoms with Crippen LogP contribution in [0.2, 0.25) is 0 Å². The van der Waals surface area contributed by atoms with E-state index in [-0.39, 0.29) is 36.6 Å². The van der Waals surface area contributed by atoms with Gasteiger partial charge in [-0.2, -0.15) is 0 Å². The number of amides is 4. The Morgan fingerprint density at radius 1 is 1.07 bits per heavy atom. The number of nitrogens with zero attached hydrogens (tertiary/aromatic N) is 1. The fourth-order valence-electron chi connectivity index (χ4n) is 7.40. The fraction of sp³-hybridized carbons (Fsp3) is 0.543. The van der Waals surface area contributed by atoms with Crippen LogP contribution in [0.25, 0.3) is 0 Å². The predicted molar refractivity (Wildman–Crippen MR) is 167 cm³/mol. The van der Waals surface area contributed by atoms with E-state index in [4.69, 9.17) is 4.74 Å². The fourth-order valence-corrected chi connectivity index (χ4v) is 7.40. The molecule has 4 fully saturated rings. The van der Waals surface area contributed by atoms with Crippen molar-refractivity contribution < 1.29 is 29.0 Å². The van der Waals surface area contributed by atoms with Gasteiger partial charge in [-0.05, 0) is 93.0 Å². The number of carbonyl (C=O) groups is 4. The number of fused-ring (bicyclic) bond motifs is 4. The third kappa shape index (κ3) is 7.01. The van der Waals surface area contributed by atoms with Gasteiger partial charge in [0.2, 0.25) is 23.6 Å². The van der Waals surface area contributed by atoms with Gasteiger partial charge in [-0.25, -0.2) is 0 Å². The number of piperidine rings is 1. The SMILES string of the molecule is Cc1ccc2cc1CNC(=O)[C@H](CCc1ccccc1)NC(=O)[C@@H](NC(=O)C13CC(O)(C1)C3)CC(=O)N1CCCC(CCO2)C1. The van der Waals surface area contributed by atoms with Crippen LogP contribution in [0.5, 0.6) is 5.75 Å². The van der Waals surface area contributed by atoms with Crippen LogP contribution in [-0.2, 0) is 32.1 Å². The number of hydrogen-bond donors (Lipinski definition) is 4. The highest BCUT2D eigenvalue weighted by Gasteiger charge is 2.71. The van der Waals surface area contributed by atoms with Crippen LogP contribution in [0.15, 0.2) is 48.5 Å². The van der Waals surface area contributed by atoms with E-state index < -0.39 is 29.0 Å². The maximum atomic E-state index is 13.9. The van der Waals surface area contributed by atoms with Crippen molar-refractivity contribution in [3.05, 3.63) is 65.2 Å². The van der Waals surface area contributed by atoms with Gasteiger partial charge in [0, 0.05) is 19.6 Å². The monoisotopic (exact) mass is 616 g/mol. The van der Waals surface area contributed by atoms with E-state index in [9.17, 15) is 24.3 Å². The van der Waals surface area contributed by atoms with Gasteiger partial charge in [-0.15, -0.1) is 0 Å². The lowest BCUT2D eigenvalue weighted by Crippen LogP contribution is -2.73. The number of rotatable bonds is 5. The number of carbonyl (C=O) groups excluding carboxylic acids is 4. The lowest BCUT2D eigenvalue weighted by molar-refractivity contribution is -0.250. The lowest BCUT2D eigenvalue weighted by atomic mass is 9.41. The Morgan fingerprint density at radius 3 is 2.60 bits per heavy atom. The summed E-state index contributed by atoms with van der Waals surface area (Å²) in [6, 6.07) is 13.6. The summed E-state index contributed by atoms with van der Waals surface area (Å²) >= 11 is 0. The number of nitrogens with one attached hydrogen (secondary N) is 3.